The van der Waals surface area contributed by atoms with Gasteiger partial charge in [0.1, 0.15) is 5.82 Å². The number of aliphatic hydroxyl groups excluding tert-OH is 1. The molecule has 6 nitrogen and oxygen atoms in total. The molecule has 1 aliphatic rings. The first kappa shape index (κ1) is 14.1. The summed E-state index contributed by atoms with van der Waals surface area (Å²) >= 11 is 0. The lowest BCUT2D eigenvalue weighted by Gasteiger charge is -2.37. The molecule has 0 unspecified atom stereocenters. The van der Waals surface area contributed by atoms with E-state index >= 15 is 0 Å². The van der Waals surface area contributed by atoms with E-state index in [0.717, 1.165) is 35.3 Å². The topological polar surface area (TPSA) is 75.9 Å². The molecule has 1 fully saturated rings. The number of rotatable bonds is 4. The Balaban J connectivity index is 1.63. The van der Waals surface area contributed by atoms with Gasteiger partial charge < -0.3 is 10.4 Å². The Hall–Kier alpha value is -2.47. The Bertz CT molecular complexity index is 824. The Morgan fingerprint density at radius 2 is 2.00 bits per heavy atom. The van der Waals surface area contributed by atoms with Crippen LogP contribution in [0.3, 0.4) is 0 Å². The van der Waals surface area contributed by atoms with Crippen LogP contribution in [-0.4, -0.2) is 31.0 Å². The standard InChI is InChI=1S/C17H19N5O/c1-22-10-12(8-19-22)17(11-6-13(23)7-11)21-16-9-18-14-4-2-3-5-15(14)20-16/h2-5,8-11,13,17,23H,6-7H2,1H3,(H,20,21)/t11?,13?,17-/m1/s1. The minimum absolute atomic E-state index is 0.0857. The number of aromatic nitrogens is 4. The number of nitrogens with zero attached hydrogens (tertiary/aromatic N) is 4. The lowest BCUT2D eigenvalue weighted by Crippen LogP contribution is -2.36. The Kier molecular flexibility index (Phi) is 3.46. The highest BCUT2D eigenvalue weighted by Crippen LogP contribution is 2.39. The monoisotopic (exact) mass is 309 g/mol. The average Bonchev–Trinajstić information content (AvgIpc) is 2.96. The van der Waals surface area contributed by atoms with E-state index in [-0.39, 0.29) is 12.1 Å². The largest absolute Gasteiger partial charge is 0.393 e. The van der Waals surface area contributed by atoms with E-state index in [1.54, 1.807) is 10.9 Å². The van der Waals surface area contributed by atoms with Crippen molar-refractivity contribution in [2.45, 2.75) is 25.0 Å². The summed E-state index contributed by atoms with van der Waals surface area (Å²) in [5, 5.41) is 17.4. The number of fused-ring (bicyclic) bond motifs is 1. The molecule has 2 aromatic heterocycles. The van der Waals surface area contributed by atoms with Gasteiger partial charge in [0.25, 0.3) is 0 Å². The smallest absolute Gasteiger partial charge is 0.145 e. The van der Waals surface area contributed by atoms with Gasteiger partial charge in [-0.2, -0.15) is 5.10 Å². The lowest BCUT2D eigenvalue weighted by molar-refractivity contribution is 0.0339. The van der Waals surface area contributed by atoms with Crippen LogP contribution >= 0.6 is 0 Å². The van der Waals surface area contributed by atoms with E-state index in [0.29, 0.717) is 5.92 Å². The molecule has 0 amide bonds. The van der Waals surface area contributed by atoms with Crippen LogP contribution in [0.2, 0.25) is 0 Å². The zero-order chi connectivity index (χ0) is 15.8. The number of aryl methyl sites for hydroxylation is 1. The third-order valence-corrected chi connectivity index (χ3v) is 4.46. The quantitative estimate of drug-likeness (QED) is 0.773. The molecule has 0 saturated heterocycles. The Morgan fingerprint density at radius 3 is 2.70 bits per heavy atom. The molecule has 23 heavy (non-hydrogen) atoms. The summed E-state index contributed by atoms with van der Waals surface area (Å²) in [6.07, 6.45) is 7.05. The van der Waals surface area contributed by atoms with Gasteiger partial charge in [0, 0.05) is 18.8 Å². The first-order valence-corrected chi connectivity index (χ1v) is 7.84. The van der Waals surface area contributed by atoms with Crippen LogP contribution in [0.4, 0.5) is 5.82 Å². The molecule has 4 rings (SSSR count). The Morgan fingerprint density at radius 1 is 1.22 bits per heavy atom. The van der Waals surface area contributed by atoms with Gasteiger partial charge in [0.05, 0.1) is 35.6 Å². The maximum absolute atomic E-state index is 9.65. The molecule has 1 saturated carbocycles. The minimum Gasteiger partial charge on any atom is -0.393 e. The van der Waals surface area contributed by atoms with E-state index < -0.39 is 0 Å². The second kappa shape index (κ2) is 5.62. The number of nitrogens with one attached hydrogen (secondary N) is 1. The maximum atomic E-state index is 9.65. The molecule has 2 heterocycles. The average molecular weight is 309 g/mol. The molecular formula is C17H19N5O. The first-order valence-electron chi connectivity index (χ1n) is 7.84. The van der Waals surface area contributed by atoms with Crippen molar-refractivity contribution < 1.29 is 5.11 Å². The molecule has 0 aliphatic heterocycles. The van der Waals surface area contributed by atoms with Crippen LogP contribution in [0, 0.1) is 5.92 Å². The number of para-hydroxylation sites is 2. The molecule has 1 aromatic carbocycles. The molecule has 0 radical (unpaired) electrons. The van der Waals surface area contributed by atoms with E-state index in [1.807, 2.05) is 43.7 Å². The second-order valence-electron chi connectivity index (χ2n) is 6.20. The van der Waals surface area contributed by atoms with E-state index in [9.17, 15) is 5.11 Å². The number of aliphatic hydroxyl groups is 1. The minimum atomic E-state index is -0.191. The van der Waals surface area contributed by atoms with Gasteiger partial charge in [-0.15, -0.1) is 0 Å². The first-order chi connectivity index (χ1) is 11.2. The van der Waals surface area contributed by atoms with Gasteiger partial charge >= 0.3 is 0 Å². The van der Waals surface area contributed by atoms with Gasteiger partial charge in [-0.1, -0.05) is 12.1 Å². The van der Waals surface area contributed by atoms with Crippen LogP contribution in [0.1, 0.15) is 24.4 Å². The number of hydrogen-bond donors (Lipinski definition) is 2. The van der Waals surface area contributed by atoms with Gasteiger partial charge in [0.15, 0.2) is 0 Å². The fourth-order valence-electron chi connectivity index (χ4n) is 3.16. The maximum Gasteiger partial charge on any atom is 0.145 e. The number of anilines is 1. The normalized spacial score (nSPS) is 21.8. The van der Waals surface area contributed by atoms with Crippen molar-refractivity contribution in [2.24, 2.45) is 13.0 Å². The lowest BCUT2D eigenvalue weighted by atomic mass is 9.75. The molecule has 118 valence electrons. The van der Waals surface area contributed by atoms with Crippen molar-refractivity contribution in [3.8, 4) is 0 Å². The van der Waals surface area contributed by atoms with E-state index in [2.05, 4.69) is 20.4 Å². The zero-order valence-corrected chi connectivity index (χ0v) is 12.9. The summed E-state index contributed by atoms with van der Waals surface area (Å²) in [6, 6.07) is 7.91. The summed E-state index contributed by atoms with van der Waals surface area (Å²) < 4.78 is 1.80. The highest BCUT2D eigenvalue weighted by atomic mass is 16.3. The van der Waals surface area contributed by atoms with E-state index in [1.165, 1.54) is 0 Å². The van der Waals surface area contributed by atoms with Gasteiger partial charge in [-0.05, 0) is 30.9 Å². The molecular weight excluding hydrogens is 290 g/mol. The molecule has 1 aliphatic carbocycles. The molecule has 0 spiro atoms. The second-order valence-corrected chi connectivity index (χ2v) is 6.20. The highest BCUT2D eigenvalue weighted by molar-refractivity contribution is 5.75. The number of benzene rings is 1. The van der Waals surface area contributed by atoms with Crippen molar-refractivity contribution in [2.75, 3.05) is 5.32 Å². The van der Waals surface area contributed by atoms with Gasteiger partial charge in [-0.25, -0.2) is 4.98 Å². The fourth-order valence-corrected chi connectivity index (χ4v) is 3.16. The third kappa shape index (κ3) is 2.77. The van der Waals surface area contributed by atoms with Crippen LogP contribution in [-0.2, 0) is 7.05 Å². The SMILES string of the molecule is Cn1cc([C@H](Nc2cnc3ccccc3n2)C2CC(O)C2)cn1. The summed E-state index contributed by atoms with van der Waals surface area (Å²) in [6.45, 7) is 0. The third-order valence-electron chi connectivity index (χ3n) is 4.46. The molecule has 0 bridgehead atoms. The molecule has 1 atom stereocenters. The molecule has 3 aromatic rings. The highest BCUT2D eigenvalue weighted by Gasteiger charge is 2.35. The summed E-state index contributed by atoms with van der Waals surface area (Å²) in [7, 11) is 1.91. The van der Waals surface area contributed by atoms with Crippen LogP contribution in [0.25, 0.3) is 11.0 Å². The predicted octanol–water partition coefficient (Wildman–Crippen LogP) is 2.29. The van der Waals surface area contributed by atoms with Crippen molar-refractivity contribution in [1.29, 1.82) is 0 Å². The van der Waals surface area contributed by atoms with Gasteiger partial charge in [0.2, 0.25) is 0 Å². The summed E-state index contributed by atoms with van der Waals surface area (Å²) in [4.78, 5) is 9.10. The zero-order valence-electron chi connectivity index (χ0n) is 12.9. The Labute approximate surface area is 134 Å². The van der Waals surface area contributed by atoms with Crippen LogP contribution in [0.15, 0.2) is 42.9 Å². The van der Waals surface area contributed by atoms with Gasteiger partial charge in [-0.3, -0.25) is 9.67 Å². The van der Waals surface area contributed by atoms with Crippen molar-refractivity contribution in [3.63, 3.8) is 0 Å². The van der Waals surface area contributed by atoms with Crippen molar-refractivity contribution >= 4 is 16.9 Å². The molecule has 2 N–H and O–H groups in total. The number of hydrogen-bond acceptors (Lipinski definition) is 5. The van der Waals surface area contributed by atoms with Crippen molar-refractivity contribution in [3.05, 3.63) is 48.4 Å². The van der Waals surface area contributed by atoms with Crippen LogP contribution < -0.4 is 5.32 Å². The van der Waals surface area contributed by atoms with E-state index in [4.69, 9.17) is 0 Å². The van der Waals surface area contributed by atoms with Crippen molar-refractivity contribution in [1.82, 2.24) is 19.7 Å². The summed E-state index contributed by atoms with van der Waals surface area (Å²) in [5.41, 5.74) is 2.87. The molecule has 6 heteroatoms. The predicted molar refractivity (Wildman–Crippen MR) is 87.8 cm³/mol. The van der Waals surface area contributed by atoms with Crippen LogP contribution in [0.5, 0.6) is 0 Å². The fraction of sp³-hybridized carbons (Fsp3) is 0.353. The summed E-state index contributed by atoms with van der Waals surface area (Å²) in [5.74, 6) is 1.13.